The van der Waals surface area contributed by atoms with Crippen LogP contribution < -0.4 is 10.9 Å². The summed E-state index contributed by atoms with van der Waals surface area (Å²) in [6.45, 7) is 2.07. The van der Waals surface area contributed by atoms with Crippen molar-refractivity contribution in [1.82, 2.24) is 9.13 Å². The Bertz CT molecular complexity index is 1610. The van der Waals surface area contributed by atoms with E-state index in [1.165, 1.54) is 18.2 Å². The van der Waals surface area contributed by atoms with Crippen LogP contribution in [-0.2, 0) is 20.5 Å². The van der Waals surface area contributed by atoms with Crippen LogP contribution in [0.15, 0.2) is 58.1 Å². The minimum absolute atomic E-state index is 0.0653. The van der Waals surface area contributed by atoms with Gasteiger partial charge < -0.3 is 9.13 Å². The fourth-order valence-electron chi connectivity index (χ4n) is 4.29. The normalized spacial score (nSPS) is 11.9. The number of rotatable bonds is 1. The quantitative estimate of drug-likeness (QED) is 0.401. The zero-order valence-electron chi connectivity index (χ0n) is 16.4. The van der Waals surface area contributed by atoms with Crippen molar-refractivity contribution in [3.05, 3.63) is 80.4 Å². The van der Waals surface area contributed by atoms with Gasteiger partial charge in [-0.3, -0.25) is 9.59 Å². The van der Waals surface area contributed by atoms with Crippen molar-refractivity contribution < 1.29 is 4.39 Å². The fraction of sp³-hybridized carbons (Fsp3) is 0.167. The summed E-state index contributed by atoms with van der Waals surface area (Å²) in [4.78, 5) is 26.4. The minimum atomic E-state index is -0.402. The summed E-state index contributed by atoms with van der Waals surface area (Å²) in [6.07, 6.45) is 0.878. The highest BCUT2D eigenvalue weighted by molar-refractivity contribution is 6.03. The Kier molecular flexibility index (Phi) is 3.65. The lowest BCUT2D eigenvalue weighted by Gasteiger charge is -2.15. The molecule has 0 saturated carbocycles. The topological polar surface area (TPSA) is 44.0 Å². The van der Waals surface area contributed by atoms with Crippen molar-refractivity contribution in [3.8, 4) is 0 Å². The van der Waals surface area contributed by atoms with Gasteiger partial charge in [-0.1, -0.05) is 13.0 Å². The molecule has 5 heteroatoms. The van der Waals surface area contributed by atoms with Crippen molar-refractivity contribution in [2.45, 2.75) is 13.3 Å². The van der Waals surface area contributed by atoms with Gasteiger partial charge in [0.2, 0.25) is 0 Å². The average molecular weight is 386 g/mol. The Balaban J connectivity index is 2.04. The molecule has 2 aromatic heterocycles. The molecule has 0 amide bonds. The van der Waals surface area contributed by atoms with Gasteiger partial charge in [-0.2, -0.15) is 0 Å². The molecule has 0 unspecified atom stereocenters. The van der Waals surface area contributed by atoms with Crippen LogP contribution in [-0.4, -0.2) is 9.13 Å². The third-order valence-corrected chi connectivity index (χ3v) is 5.97. The molecule has 0 fully saturated rings. The van der Waals surface area contributed by atoms with E-state index in [9.17, 15) is 14.0 Å². The molecule has 4 nitrogen and oxygen atoms in total. The Morgan fingerprint density at radius 3 is 1.72 bits per heavy atom. The first-order valence-electron chi connectivity index (χ1n) is 9.58. The monoisotopic (exact) mass is 386 g/mol. The van der Waals surface area contributed by atoms with Gasteiger partial charge in [0, 0.05) is 35.6 Å². The molecular formula is C24H19FN2O2. The summed E-state index contributed by atoms with van der Waals surface area (Å²) >= 11 is 0. The van der Waals surface area contributed by atoms with E-state index in [1.807, 2.05) is 29.8 Å². The summed E-state index contributed by atoms with van der Waals surface area (Å²) in [6, 6.07) is 13.6. The van der Waals surface area contributed by atoms with E-state index in [-0.39, 0.29) is 10.9 Å². The van der Waals surface area contributed by atoms with E-state index in [1.54, 1.807) is 23.7 Å². The molecule has 3 aromatic carbocycles. The van der Waals surface area contributed by atoms with E-state index < -0.39 is 5.82 Å². The van der Waals surface area contributed by atoms with E-state index >= 15 is 0 Å². The fourth-order valence-corrected chi connectivity index (χ4v) is 4.29. The van der Waals surface area contributed by atoms with Crippen molar-refractivity contribution in [1.29, 1.82) is 0 Å². The van der Waals surface area contributed by atoms with E-state index in [2.05, 4.69) is 6.92 Å². The summed E-state index contributed by atoms with van der Waals surface area (Å²) in [5.41, 5.74) is 3.60. The molecule has 0 N–H and O–H groups in total. The molecule has 144 valence electrons. The molecular weight excluding hydrogens is 367 g/mol. The molecule has 0 bridgehead atoms. The highest BCUT2D eigenvalue weighted by Crippen LogP contribution is 2.25. The molecule has 2 heterocycles. The van der Waals surface area contributed by atoms with Gasteiger partial charge in [-0.15, -0.1) is 0 Å². The SMILES string of the molecule is CCc1ccc2c(=O)c3cc4c(cc3n(C)c2c1)c(=O)c1ccc(F)cc1n4C. The molecule has 0 saturated heterocycles. The van der Waals surface area contributed by atoms with E-state index in [0.717, 1.165) is 17.5 Å². The lowest BCUT2D eigenvalue weighted by atomic mass is 10.0. The number of benzene rings is 3. The third-order valence-electron chi connectivity index (χ3n) is 5.97. The number of nitrogens with zero attached hydrogens (tertiary/aromatic N) is 2. The molecule has 29 heavy (non-hydrogen) atoms. The van der Waals surface area contributed by atoms with Gasteiger partial charge in [0.1, 0.15) is 5.82 Å². The first-order chi connectivity index (χ1) is 13.9. The van der Waals surface area contributed by atoms with E-state index in [4.69, 9.17) is 0 Å². The zero-order valence-corrected chi connectivity index (χ0v) is 16.4. The summed E-state index contributed by atoms with van der Waals surface area (Å²) in [7, 11) is 3.70. The molecule has 5 rings (SSSR count). The molecule has 0 aliphatic heterocycles. The predicted octanol–water partition coefficient (Wildman–Crippen LogP) is 4.40. The van der Waals surface area contributed by atoms with Crippen molar-refractivity contribution >= 4 is 43.6 Å². The standard InChI is InChI=1S/C24H19FN2O2/c1-4-13-5-7-15-19(9-13)26(2)21-11-18-22(12-17(21)23(15)28)27(3)20-10-14(25)6-8-16(20)24(18)29/h5-12H,4H2,1-3H3. The first kappa shape index (κ1) is 17.6. The van der Waals surface area contributed by atoms with Crippen LogP contribution in [0.3, 0.4) is 0 Å². The lowest BCUT2D eigenvalue weighted by Crippen LogP contribution is -2.13. The number of aromatic nitrogens is 2. The highest BCUT2D eigenvalue weighted by Gasteiger charge is 2.15. The second-order valence-corrected chi connectivity index (χ2v) is 7.53. The van der Waals surface area contributed by atoms with Crippen LogP contribution >= 0.6 is 0 Å². The Morgan fingerprint density at radius 1 is 0.690 bits per heavy atom. The number of aryl methyl sites for hydroxylation is 3. The second kappa shape index (κ2) is 6.01. The first-order valence-corrected chi connectivity index (χ1v) is 9.58. The van der Waals surface area contributed by atoms with E-state index in [0.29, 0.717) is 38.1 Å². The zero-order chi connectivity index (χ0) is 20.4. The summed E-state index contributed by atoms with van der Waals surface area (Å²) < 4.78 is 17.5. The maximum atomic E-state index is 13.8. The second-order valence-electron chi connectivity index (χ2n) is 7.53. The number of halogens is 1. The summed E-state index contributed by atoms with van der Waals surface area (Å²) in [5, 5.41) is 2.16. The number of pyridine rings is 2. The maximum absolute atomic E-state index is 13.8. The molecule has 0 atom stereocenters. The largest absolute Gasteiger partial charge is 0.343 e. The van der Waals surface area contributed by atoms with Gasteiger partial charge in [0.25, 0.3) is 0 Å². The van der Waals surface area contributed by atoms with Crippen LogP contribution in [0.5, 0.6) is 0 Å². The third kappa shape index (κ3) is 2.37. The van der Waals surface area contributed by atoms with Crippen molar-refractivity contribution in [2.24, 2.45) is 14.1 Å². The number of hydrogen-bond acceptors (Lipinski definition) is 2. The van der Waals surface area contributed by atoms with Crippen LogP contribution in [0.25, 0.3) is 43.6 Å². The van der Waals surface area contributed by atoms with Gasteiger partial charge in [-0.25, -0.2) is 4.39 Å². The predicted molar refractivity (Wildman–Crippen MR) is 116 cm³/mol. The van der Waals surface area contributed by atoms with Gasteiger partial charge >= 0.3 is 0 Å². The average Bonchev–Trinajstić information content (AvgIpc) is 2.74. The molecule has 5 aromatic rings. The number of fused-ring (bicyclic) bond motifs is 4. The van der Waals surface area contributed by atoms with Gasteiger partial charge in [0.15, 0.2) is 10.9 Å². The summed E-state index contributed by atoms with van der Waals surface area (Å²) in [5.74, 6) is -0.402. The van der Waals surface area contributed by atoms with Crippen LogP contribution in [0.1, 0.15) is 12.5 Å². The highest BCUT2D eigenvalue weighted by atomic mass is 19.1. The Labute approximate surface area is 165 Å². The molecule has 0 aliphatic rings. The van der Waals surface area contributed by atoms with Gasteiger partial charge in [-0.05, 0) is 54.4 Å². The lowest BCUT2D eigenvalue weighted by molar-refractivity contribution is 0.629. The van der Waals surface area contributed by atoms with Crippen LogP contribution in [0.4, 0.5) is 4.39 Å². The minimum Gasteiger partial charge on any atom is -0.343 e. The van der Waals surface area contributed by atoms with Crippen molar-refractivity contribution in [2.75, 3.05) is 0 Å². The Hall–Kier alpha value is -3.47. The smallest absolute Gasteiger partial charge is 0.197 e. The van der Waals surface area contributed by atoms with Crippen LogP contribution in [0, 0.1) is 5.82 Å². The molecule has 0 aliphatic carbocycles. The molecule has 0 spiro atoms. The Morgan fingerprint density at radius 2 is 1.17 bits per heavy atom. The van der Waals surface area contributed by atoms with Crippen LogP contribution in [0.2, 0.25) is 0 Å². The molecule has 0 radical (unpaired) electrons. The van der Waals surface area contributed by atoms with Gasteiger partial charge in [0.05, 0.1) is 22.1 Å². The maximum Gasteiger partial charge on any atom is 0.197 e. The number of hydrogen-bond donors (Lipinski definition) is 0. The van der Waals surface area contributed by atoms with Crippen molar-refractivity contribution in [3.63, 3.8) is 0 Å².